The quantitative estimate of drug-likeness (QED) is 0.428. The summed E-state index contributed by atoms with van der Waals surface area (Å²) < 4.78 is 14.7. The van der Waals surface area contributed by atoms with E-state index in [0.29, 0.717) is 36.6 Å². The van der Waals surface area contributed by atoms with Crippen molar-refractivity contribution in [2.24, 2.45) is 4.99 Å². The van der Waals surface area contributed by atoms with Crippen molar-refractivity contribution in [3.63, 3.8) is 0 Å². The number of benzene rings is 2. The first-order valence-corrected chi connectivity index (χ1v) is 10.1. The highest BCUT2D eigenvalue weighted by atomic mass is 79.9. The molecule has 0 unspecified atom stereocenters. The Morgan fingerprint density at radius 1 is 1.14 bits per heavy atom. The number of hydrogen-bond acceptors (Lipinski definition) is 2. The van der Waals surface area contributed by atoms with E-state index in [2.05, 4.69) is 36.9 Å². The summed E-state index contributed by atoms with van der Waals surface area (Å²) in [6.07, 6.45) is 1.28. The molecule has 2 aromatic carbocycles. The molecule has 2 aromatic rings. The molecule has 0 saturated carbocycles. The number of halogens is 2. The third-order valence-corrected chi connectivity index (χ3v) is 4.62. The van der Waals surface area contributed by atoms with E-state index < -0.39 is 0 Å². The monoisotopic (exact) mass is 448 g/mol. The zero-order chi connectivity index (χ0) is 20.4. The summed E-state index contributed by atoms with van der Waals surface area (Å²) >= 11 is 3.36. The van der Waals surface area contributed by atoms with Gasteiger partial charge in [-0.3, -0.25) is 9.79 Å². The van der Waals surface area contributed by atoms with Gasteiger partial charge in [0.15, 0.2) is 5.96 Å². The van der Waals surface area contributed by atoms with Gasteiger partial charge in [-0.25, -0.2) is 4.39 Å². The molecule has 0 aromatic heterocycles. The summed E-state index contributed by atoms with van der Waals surface area (Å²) in [6, 6.07) is 12.5. The minimum absolute atomic E-state index is 0.0931. The van der Waals surface area contributed by atoms with Gasteiger partial charge in [0.05, 0.1) is 0 Å². The molecule has 7 heteroatoms. The van der Waals surface area contributed by atoms with Gasteiger partial charge in [0.25, 0.3) is 5.91 Å². The van der Waals surface area contributed by atoms with Crippen LogP contribution in [0.15, 0.2) is 51.9 Å². The van der Waals surface area contributed by atoms with Crippen LogP contribution in [0.25, 0.3) is 0 Å². The van der Waals surface area contributed by atoms with Crippen molar-refractivity contribution in [2.75, 3.05) is 26.7 Å². The van der Waals surface area contributed by atoms with E-state index in [1.165, 1.54) is 6.07 Å². The van der Waals surface area contributed by atoms with Crippen molar-refractivity contribution in [3.8, 4) is 0 Å². The van der Waals surface area contributed by atoms with E-state index in [4.69, 9.17) is 0 Å². The lowest BCUT2D eigenvalue weighted by atomic mass is 10.1. The highest BCUT2D eigenvalue weighted by Gasteiger charge is 2.05. The summed E-state index contributed by atoms with van der Waals surface area (Å²) in [7, 11) is 1.62. The lowest BCUT2D eigenvalue weighted by Crippen LogP contribution is -2.38. The van der Waals surface area contributed by atoms with Gasteiger partial charge in [0.1, 0.15) is 5.82 Å². The lowest BCUT2D eigenvalue weighted by Gasteiger charge is -2.12. The highest BCUT2D eigenvalue weighted by molar-refractivity contribution is 9.10. The molecule has 1 amide bonds. The van der Waals surface area contributed by atoms with Crippen molar-refractivity contribution in [2.45, 2.75) is 19.8 Å². The number of nitrogens with zero attached hydrogens (tertiary/aromatic N) is 1. The number of rotatable bonds is 8. The Morgan fingerprint density at radius 3 is 2.71 bits per heavy atom. The van der Waals surface area contributed by atoms with Gasteiger partial charge < -0.3 is 16.0 Å². The van der Waals surface area contributed by atoms with Gasteiger partial charge in [-0.05, 0) is 61.2 Å². The number of hydrogen-bond donors (Lipinski definition) is 3. The molecule has 0 aliphatic rings. The summed E-state index contributed by atoms with van der Waals surface area (Å²) in [4.78, 5) is 16.2. The topological polar surface area (TPSA) is 65.5 Å². The molecule has 150 valence electrons. The van der Waals surface area contributed by atoms with E-state index in [-0.39, 0.29) is 11.7 Å². The second-order valence-electron chi connectivity index (χ2n) is 6.20. The summed E-state index contributed by atoms with van der Waals surface area (Å²) in [5.74, 6) is 0.386. The molecule has 5 nitrogen and oxygen atoms in total. The van der Waals surface area contributed by atoms with Crippen LogP contribution in [0.4, 0.5) is 4.39 Å². The predicted octanol–water partition coefficient (Wildman–Crippen LogP) is 3.29. The zero-order valence-electron chi connectivity index (χ0n) is 16.2. The third-order valence-electron chi connectivity index (χ3n) is 4.13. The van der Waals surface area contributed by atoms with Crippen LogP contribution in [0.3, 0.4) is 0 Å². The maximum Gasteiger partial charge on any atom is 0.251 e. The Hall–Kier alpha value is -2.41. The predicted molar refractivity (Wildman–Crippen MR) is 115 cm³/mol. The van der Waals surface area contributed by atoms with Gasteiger partial charge in [-0.1, -0.05) is 28.1 Å². The molecule has 0 atom stereocenters. The van der Waals surface area contributed by atoms with Gasteiger partial charge >= 0.3 is 0 Å². The molecule has 0 fully saturated rings. The number of carbonyl (C=O) groups excluding carboxylic acids is 1. The fourth-order valence-electron chi connectivity index (χ4n) is 2.70. The van der Waals surface area contributed by atoms with Crippen LogP contribution in [0.1, 0.15) is 28.4 Å². The van der Waals surface area contributed by atoms with Gasteiger partial charge in [-0.15, -0.1) is 0 Å². The van der Waals surface area contributed by atoms with Crippen LogP contribution in [0.2, 0.25) is 0 Å². The van der Waals surface area contributed by atoms with Crippen molar-refractivity contribution >= 4 is 27.8 Å². The van der Waals surface area contributed by atoms with Crippen LogP contribution >= 0.6 is 15.9 Å². The highest BCUT2D eigenvalue weighted by Crippen LogP contribution is 2.16. The number of amides is 1. The van der Waals surface area contributed by atoms with E-state index >= 15 is 0 Å². The summed E-state index contributed by atoms with van der Waals surface area (Å²) in [6.45, 7) is 3.89. The van der Waals surface area contributed by atoms with Crippen molar-refractivity contribution in [1.29, 1.82) is 0 Å². The third kappa shape index (κ3) is 6.96. The van der Waals surface area contributed by atoms with Gasteiger partial charge in [0, 0.05) is 36.7 Å². The fourth-order valence-corrected chi connectivity index (χ4v) is 3.11. The second-order valence-corrected chi connectivity index (χ2v) is 7.12. The molecule has 0 aliphatic heterocycles. The first-order valence-electron chi connectivity index (χ1n) is 9.30. The average molecular weight is 449 g/mol. The number of guanidine groups is 1. The van der Waals surface area contributed by atoms with Crippen molar-refractivity contribution in [1.82, 2.24) is 16.0 Å². The van der Waals surface area contributed by atoms with Crippen LogP contribution in [0.5, 0.6) is 0 Å². The van der Waals surface area contributed by atoms with E-state index in [9.17, 15) is 9.18 Å². The molecule has 0 aliphatic carbocycles. The molecule has 2 rings (SSSR count). The van der Waals surface area contributed by atoms with Crippen LogP contribution in [-0.2, 0) is 12.8 Å². The summed E-state index contributed by atoms with van der Waals surface area (Å²) in [5, 5.41) is 9.10. The largest absolute Gasteiger partial charge is 0.357 e. The molecule has 28 heavy (non-hydrogen) atoms. The Labute approximate surface area is 174 Å². The van der Waals surface area contributed by atoms with E-state index in [0.717, 1.165) is 23.0 Å². The number of nitrogens with one attached hydrogen (secondary N) is 3. The van der Waals surface area contributed by atoms with Crippen LogP contribution < -0.4 is 16.0 Å². The van der Waals surface area contributed by atoms with Gasteiger partial charge in [-0.2, -0.15) is 0 Å². The first kappa shape index (κ1) is 21.9. The smallest absolute Gasteiger partial charge is 0.251 e. The zero-order valence-corrected chi connectivity index (χ0v) is 17.8. The average Bonchev–Trinajstić information content (AvgIpc) is 2.70. The van der Waals surface area contributed by atoms with Crippen LogP contribution in [-0.4, -0.2) is 38.5 Å². The molecule has 0 spiro atoms. The Kier molecular flexibility index (Phi) is 8.94. The standard InChI is InChI=1S/C21H26BrFN4O/c1-3-25-21(27-12-10-16-14-18(22)7-8-19(16)23)26-11-9-15-5-4-6-17(13-15)20(28)24-2/h4-8,13-14H,3,9-12H2,1-2H3,(H,24,28)(H2,25,26,27). The Balaban J connectivity index is 1.89. The number of aliphatic imine (C=N–C) groups is 1. The molecular weight excluding hydrogens is 423 g/mol. The summed E-state index contributed by atoms with van der Waals surface area (Å²) in [5.41, 5.74) is 2.36. The fraction of sp³-hybridized carbons (Fsp3) is 0.333. The maximum absolute atomic E-state index is 13.8. The molecule has 0 bridgehead atoms. The Bertz CT molecular complexity index is 826. The Morgan fingerprint density at radius 2 is 1.96 bits per heavy atom. The molecule has 0 heterocycles. The minimum atomic E-state index is -0.215. The lowest BCUT2D eigenvalue weighted by molar-refractivity contribution is 0.0963. The number of carbonyl (C=O) groups is 1. The van der Waals surface area contributed by atoms with E-state index in [1.54, 1.807) is 25.2 Å². The maximum atomic E-state index is 13.8. The minimum Gasteiger partial charge on any atom is -0.357 e. The van der Waals surface area contributed by atoms with Crippen molar-refractivity contribution < 1.29 is 9.18 Å². The van der Waals surface area contributed by atoms with E-state index in [1.807, 2.05) is 25.1 Å². The SMILES string of the molecule is CCNC(=NCCc1cc(Br)ccc1F)NCCc1cccc(C(=O)NC)c1. The first-order chi connectivity index (χ1) is 13.5. The second kappa shape index (κ2) is 11.4. The molecule has 3 N–H and O–H groups in total. The normalized spacial score (nSPS) is 11.2. The molecular formula is C21H26BrFN4O. The molecule has 0 radical (unpaired) electrons. The molecule has 0 saturated heterocycles. The van der Waals surface area contributed by atoms with Gasteiger partial charge in [0.2, 0.25) is 0 Å². The van der Waals surface area contributed by atoms with Crippen molar-refractivity contribution in [3.05, 3.63) is 69.4 Å². The van der Waals surface area contributed by atoms with Crippen LogP contribution in [0, 0.1) is 5.82 Å².